The third-order valence-corrected chi connectivity index (χ3v) is 6.03. The highest BCUT2D eigenvalue weighted by Crippen LogP contribution is 2.31. The Hall–Kier alpha value is -3.63. The Morgan fingerprint density at radius 2 is 1.89 bits per heavy atom. The van der Waals surface area contributed by atoms with Gasteiger partial charge in [-0.25, -0.2) is 23.7 Å². The van der Waals surface area contributed by atoms with Crippen LogP contribution in [0, 0.1) is 17.6 Å². The quantitative estimate of drug-likeness (QED) is 0.498. The van der Waals surface area contributed by atoms with Crippen LogP contribution in [0.4, 0.5) is 27.8 Å². The summed E-state index contributed by atoms with van der Waals surface area (Å²) in [7, 11) is 0. The highest BCUT2D eigenvalue weighted by Gasteiger charge is 2.35. The molecule has 1 aliphatic rings. The number of halogens is 5. The third-order valence-electron chi connectivity index (χ3n) is 6.03. The van der Waals surface area contributed by atoms with Crippen molar-refractivity contribution in [3.63, 3.8) is 0 Å². The fraction of sp³-hybridized carbons (Fsp3) is 0.333. The van der Waals surface area contributed by atoms with Gasteiger partial charge in [0.05, 0.1) is 22.7 Å². The minimum atomic E-state index is -4.49. The van der Waals surface area contributed by atoms with Gasteiger partial charge < -0.3 is 10.2 Å². The highest BCUT2D eigenvalue weighted by molar-refractivity contribution is 6.00. The van der Waals surface area contributed by atoms with Gasteiger partial charge in [-0.15, -0.1) is 0 Å². The van der Waals surface area contributed by atoms with Crippen LogP contribution in [0.2, 0.25) is 0 Å². The van der Waals surface area contributed by atoms with Crippen molar-refractivity contribution in [2.24, 2.45) is 5.92 Å². The zero-order chi connectivity index (χ0) is 25.2. The Morgan fingerprint density at radius 1 is 1.14 bits per heavy atom. The molecular weight excluding hydrogens is 469 g/mol. The van der Waals surface area contributed by atoms with E-state index in [4.69, 9.17) is 0 Å². The van der Waals surface area contributed by atoms with Gasteiger partial charge >= 0.3 is 6.18 Å². The number of benzene rings is 1. The summed E-state index contributed by atoms with van der Waals surface area (Å²) in [6.45, 7) is 2.49. The zero-order valence-electron chi connectivity index (χ0n) is 18.7. The summed E-state index contributed by atoms with van der Waals surface area (Å²) in [5, 5.41) is 2.98. The molecule has 1 fully saturated rings. The molecule has 3 aromatic rings. The Labute approximate surface area is 198 Å². The maximum atomic E-state index is 14.8. The molecule has 2 aromatic heterocycles. The summed E-state index contributed by atoms with van der Waals surface area (Å²) in [4.78, 5) is 27.0. The van der Waals surface area contributed by atoms with Crippen molar-refractivity contribution in [1.29, 1.82) is 0 Å². The molecule has 2 atom stereocenters. The lowest BCUT2D eigenvalue weighted by Gasteiger charge is -2.40. The van der Waals surface area contributed by atoms with Crippen molar-refractivity contribution < 1.29 is 26.7 Å². The average molecular weight is 491 g/mol. The molecule has 1 aliphatic heterocycles. The molecule has 1 aromatic carbocycles. The molecule has 0 unspecified atom stereocenters. The summed E-state index contributed by atoms with van der Waals surface area (Å²) < 4.78 is 67.3. The Balaban J connectivity index is 1.60. The van der Waals surface area contributed by atoms with E-state index in [2.05, 4.69) is 20.3 Å². The van der Waals surface area contributed by atoms with Gasteiger partial charge in [-0.05, 0) is 43.0 Å². The second-order valence-electron chi connectivity index (χ2n) is 8.38. The first-order valence-corrected chi connectivity index (χ1v) is 11.0. The monoisotopic (exact) mass is 491 g/mol. The molecular formula is C24H22F5N5O. The lowest BCUT2D eigenvalue weighted by atomic mass is 9.89. The second kappa shape index (κ2) is 9.93. The number of amides is 1. The predicted molar refractivity (Wildman–Crippen MR) is 118 cm³/mol. The van der Waals surface area contributed by atoms with E-state index in [1.807, 2.05) is 6.92 Å². The van der Waals surface area contributed by atoms with Crippen molar-refractivity contribution in [3.8, 4) is 11.4 Å². The number of likely N-dealkylation sites (tertiary alicyclic amines) is 1. The van der Waals surface area contributed by atoms with Crippen LogP contribution in [0.1, 0.15) is 35.7 Å². The zero-order valence-corrected chi connectivity index (χ0v) is 18.7. The van der Waals surface area contributed by atoms with Crippen LogP contribution >= 0.6 is 0 Å². The van der Waals surface area contributed by atoms with Crippen LogP contribution in [-0.2, 0) is 6.18 Å². The van der Waals surface area contributed by atoms with Crippen LogP contribution in [-0.4, -0.2) is 44.9 Å². The number of pyridine rings is 1. The molecule has 6 nitrogen and oxygen atoms in total. The predicted octanol–water partition coefficient (Wildman–Crippen LogP) is 5.19. The number of carbonyl (C=O) groups excluding carboxylic acids is 1. The fourth-order valence-corrected chi connectivity index (χ4v) is 4.24. The van der Waals surface area contributed by atoms with Gasteiger partial charge in [0.15, 0.2) is 5.82 Å². The number of hydrogen-bond donors (Lipinski definition) is 1. The van der Waals surface area contributed by atoms with E-state index >= 15 is 0 Å². The molecule has 35 heavy (non-hydrogen) atoms. The topological polar surface area (TPSA) is 71.0 Å². The Bertz CT molecular complexity index is 1190. The number of alkyl halides is 3. The van der Waals surface area contributed by atoms with E-state index in [1.165, 1.54) is 29.4 Å². The number of piperidine rings is 1. The molecule has 3 heterocycles. The molecule has 1 N–H and O–H groups in total. The first-order valence-electron chi connectivity index (χ1n) is 11.0. The standard InChI is InChI=1S/C24H22F5N5O/c1-14-4-2-9-34(19(14)13-33-20-6-5-15(12-32-20)24(27,28)29)23(35)17-10-16(25)11-18(26)21(17)22-30-7-3-8-31-22/h3,5-8,10-12,14,19H,2,4,9,13H2,1H3,(H,32,33)/t14-,19-/m1/s1. The van der Waals surface area contributed by atoms with E-state index in [9.17, 15) is 26.7 Å². The second-order valence-corrected chi connectivity index (χ2v) is 8.38. The normalized spacial score (nSPS) is 18.4. The molecule has 0 bridgehead atoms. The van der Waals surface area contributed by atoms with Crippen LogP contribution in [0.5, 0.6) is 0 Å². The number of nitrogens with zero attached hydrogens (tertiary/aromatic N) is 4. The van der Waals surface area contributed by atoms with Crippen LogP contribution < -0.4 is 5.32 Å². The largest absolute Gasteiger partial charge is 0.417 e. The van der Waals surface area contributed by atoms with Crippen LogP contribution in [0.15, 0.2) is 48.9 Å². The lowest BCUT2D eigenvalue weighted by Crippen LogP contribution is -2.51. The van der Waals surface area contributed by atoms with E-state index in [1.54, 1.807) is 0 Å². The summed E-state index contributed by atoms with van der Waals surface area (Å²) >= 11 is 0. The Morgan fingerprint density at radius 3 is 2.54 bits per heavy atom. The third kappa shape index (κ3) is 5.39. The minimum absolute atomic E-state index is 0.0180. The van der Waals surface area contributed by atoms with Crippen LogP contribution in [0.25, 0.3) is 11.4 Å². The molecule has 1 saturated heterocycles. The summed E-state index contributed by atoms with van der Waals surface area (Å²) in [5.74, 6) is -2.23. The van der Waals surface area contributed by atoms with E-state index in [0.29, 0.717) is 19.0 Å². The minimum Gasteiger partial charge on any atom is -0.368 e. The first kappa shape index (κ1) is 24.5. The number of carbonyl (C=O) groups is 1. The maximum Gasteiger partial charge on any atom is 0.417 e. The molecule has 11 heteroatoms. The molecule has 0 spiro atoms. The van der Waals surface area contributed by atoms with Gasteiger partial charge in [-0.1, -0.05) is 6.92 Å². The van der Waals surface area contributed by atoms with Gasteiger partial charge in [-0.2, -0.15) is 13.2 Å². The van der Waals surface area contributed by atoms with Crippen molar-refractivity contribution >= 4 is 11.7 Å². The van der Waals surface area contributed by atoms with Crippen LogP contribution in [0.3, 0.4) is 0 Å². The number of hydrogen-bond acceptors (Lipinski definition) is 5. The fourth-order valence-electron chi connectivity index (χ4n) is 4.24. The van der Waals surface area contributed by atoms with Crippen molar-refractivity contribution in [1.82, 2.24) is 19.9 Å². The maximum absolute atomic E-state index is 14.8. The number of nitrogens with one attached hydrogen (secondary N) is 1. The average Bonchev–Trinajstić information content (AvgIpc) is 2.82. The van der Waals surface area contributed by atoms with Gasteiger partial charge in [-0.3, -0.25) is 4.79 Å². The Kier molecular flexibility index (Phi) is 6.95. The molecule has 0 aliphatic carbocycles. The molecule has 0 radical (unpaired) electrons. The lowest BCUT2D eigenvalue weighted by molar-refractivity contribution is -0.137. The number of rotatable bonds is 5. The number of aromatic nitrogens is 3. The van der Waals surface area contributed by atoms with E-state index < -0.39 is 35.3 Å². The van der Waals surface area contributed by atoms with E-state index in [0.717, 1.165) is 24.8 Å². The number of anilines is 1. The van der Waals surface area contributed by atoms with Gasteiger partial charge in [0.1, 0.15) is 17.5 Å². The first-order chi connectivity index (χ1) is 16.6. The smallest absolute Gasteiger partial charge is 0.368 e. The van der Waals surface area contributed by atoms with Gasteiger partial charge in [0.25, 0.3) is 5.91 Å². The molecule has 4 rings (SSSR count). The summed E-state index contributed by atoms with van der Waals surface area (Å²) in [6.07, 6.45) is 0.530. The van der Waals surface area contributed by atoms with Crippen molar-refractivity contribution in [2.45, 2.75) is 32.0 Å². The summed E-state index contributed by atoms with van der Waals surface area (Å²) in [6, 6.07) is 4.93. The summed E-state index contributed by atoms with van der Waals surface area (Å²) in [5.41, 5.74) is -1.25. The highest BCUT2D eigenvalue weighted by atomic mass is 19.4. The van der Waals surface area contributed by atoms with Crippen molar-refractivity contribution in [3.05, 3.63) is 71.7 Å². The van der Waals surface area contributed by atoms with E-state index in [-0.39, 0.29) is 35.2 Å². The van der Waals surface area contributed by atoms with Gasteiger partial charge in [0, 0.05) is 37.7 Å². The van der Waals surface area contributed by atoms with Crippen molar-refractivity contribution in [2.75, 3.05) is 18.4 Å². The molecule has 184 valence electrons. The molecule has 0 saturated carbocycles. The van der Waals surface area contributed by atoms with Gasteiger partial charge in [0.2, 0.25) is 0 Å². The SMILES string of the molecule is C[C@@H]1CCCN(C(=O)c2cc(F)cc(F)c2-c2ncccn2)[C@@H]1CNc1ccc(C(F)(F)F)cn1. The molecule has 1 amide bonds.